The topological polar surface area (TPSA) is 42.4 Å². The van der Waals surface area contributed by atoms with Crippen LogP contribution in [0.2, 0.25) is 0 Å². The monoisotopic (exact) mass is 438 g/mol. The minimum Gasteiger partial charge on any atom is -0.481 e. The molecule has 164 valence electrons. The molecule has 0 saturated carbocycles. The molecule has 7 heteroatoms. The number of amides is 1. The van der Waals surface area contributed by atoms with E-state index in [4.69, 9.17) is 11.2 Å². The fourth-order valence-corrected chi connectivity index (χ4v) is 3.34. The van der Waals surface area contributed by atoms with Gasteiger partial charge in [-0.2, -0.15) is 13.2 Å². The second-order valence-electron chi connectivity index (χ2n) is 7.16. The van der Waals surface area contributed by atoms with Crippen LogP contribution in [-0.2, 0) is 24.1 Å². The van der Waals surface area contributed by atoms with Gasteiger partial charge in [0.1, 0.15) is 0 Å². The molecule has 0 aliphatic carbocycles. The lowest BCUT2D eigenvalue weighted by atomic mass is 9.96. The molecule has 1 amide bonds. The second kappa shape index (κ2) is 9.56. The lowest BCUT2D eigenvalue weighted by Gasteiger charge is -2.24. The fourth-order valence-electron chi connectivity index (χ4n) is 3.34. The average Bonchev–Trinajstić information content (AvgIpc) is 2.78. The molecule has 0 aliphatic rings. The Morgan fingerprint density at radius 1 is 1.09 bits per heavy atom. The number of alkyl halides is 3. The number of carbonyl (C=O) groups excluding carboxylic acids is 1. The van der Waals surface area contributed by atoms with Gasteiger partial charge < -0.3 is 9.64 Å². The van der Waals surface area contributed by atoms with Gasteiger partial charge in [-0.1, -0.05) is 42.3 Å². The quantitative estimate of drug-likeness (QED) is 0.490. The van der Waals surface area contributed by atoms with Crippen molar-refractivity contribution in [1.29, 1.82) is 0 Å². The number of rotatable bonds is 6. The van der Waals surface area contributed by atoms with Crippen LogP contribution >= 0.6 is 0 Å². The van der Waals surface area contributed by atoms with E-state index in [0.29, 0.717) is 22.3 Å². The average molecular weight is 438 g/mol. The smallest absolute Gasteiger partial charge is 0.416 e. The molecule has 3 aromatic rings. The maximum atomic E-state index is 13.5. The molecule has 1 aromatic heterocycles. The third kappa shape index (κ3) is 5.27. The van der Waals surface area contributed by atoms with E-state index in [1.807, 2.05) is 30.3 Å². The molecule has 0 spiro atoms. The van der Waals surface area contributed by atoms with Gasteiger partial charge in [0.15, 0.2) is 0 Å². The molecule has 0 saturated heterocycles. The van der Waals surface area contributed by atoms with Crippen LogP contribution in [0.25, 0.3) is 11.1 Å². The zero-order chi connectivity index (χ0) is 23.3. The molecule has 2 aromatic carbocycles. The number of aromatic nitrogens is 1. The number of ether oxygens (including phenoxy) is 1. The van der Waals surface area contributed by atoms with E-state index < -0.39 is 11.7 Å². The molecule has 0 N–H and O–H groups in total. The summed E-state index contributed by atoms with van der Waals surface area (Å²) in [6, 6.07) is 14.3. The van der Waals surface area contributed by atoms with Crippen LogP contribution in [-0.4, -0.2) is 22.9 Å². The minimum absolute atomic E-state index is 0.0348. The third-order valence-electron chi connectivity index (χ3n) is 4.96. The summed E-state index contributed by atoms with van der Waals surface area (Å²) < 4.78 is 45.7. The Morgan fingerprint density at radius 2 is 1.81 bits per heavy atom. The molecule has 3 rings (SSSR count). The summed E-state index contributed by atoms with van der Waals surface area (Å²) in [5.41, 5.74) is 1.73. The molecular formula is C25H21F3N2O2. The van der Waals surface area contributed by atoms with E-state index in [1.54, 1.807) is 6.07 Å². The van der Waals surface area contributed by atoms with Crippen LogP contribution in [0.5, 0.6) is 5.88 Å². The number of hydrogen-bond acceptors (Lipinski definition) is 3. The molecule has 0 atom stereocenters. The number of nitrogens with zero attached hydrogens (tertiary/aromatic N) is 2. The van der Waals surface area contributed by atoms with Crippen molar-refractivity contribution in [2.24, 2.45) is 0 Å². The minimum atomic E-state index is -4.53. The van der Waals surface area contributed by atoms with Crippen molar-refractivity contribution in [1.82, 2.24) is 9.88 Å². The maximum absolute atomic E-state index is 13.5. The lowest BCUT2D eigenvalue weighted by molar-refractivity contribution is -0.137. The van der Waals surface area contributed by atoms with Crippen molar-refractivity contribution in [3.63, 3.8) is 0 Å². The van der Waals surface area contributed by atoms with Crippen LogP contribution in [0, 0.1) is 12.3 Å². The predicted octanol–water partition coefficient (Wildman–Crippen LogP) is 5.31. The Balaban J connectivity index is 2.12. The Hall–Kier alpha value is -3.79. The highest BCUT2D eigenvalue weighted by atomic mass is 19.4. The summed E-state index contributed by atoms with van der Waals surface area (Å²) in [5.74, 6) is 2.43. The number of terminal acetylenes is 1. The summed E-state index contributed by atoms with van der Waals surface area (Å²) in [6.45, 7) is 1.61. The summed E-state index contributed by atoms with van der Waals surface area (Å²) in [6.07, 6.45) is 2.40. The largest absolute Gasteiger partial charge is 0.481 e. The number of hydrogen-bond donors (Lipinski definition) is 0. The lowest BCUT2D eigenvalue weighted by Crippen LogP contribution is -2.28. The highest BCUT2D eigenvalue weighted by Gasteiger charge is 2.31. The van der Waals surface area contributed by atoms with Crippen LogP contribution in [0.3, 0.4) is 0 Å². The first kappa shape index (κ1) is 22.9. The van der Waals surface area contributed by atoms with Crippen molar-refractivity contribution in [2.75, 3.05) is 7.11 Å². The second-order valence-corrected chi connectivity index (χ2v) is 7.16. The molecule has 0 fully saturated rings. The van der Waals surface area contributed by atoms with Gasteiger partial charge in [-0.25, -0.2) is 4.98 Å². The maximum Gasteiger partial charge on any atom is 0.416 e. The Kier molecular flexibility index (Phi) is 6.84. The standard InChI is InChI=1S/C25H21F3N2O2/c1-4-18-12-23(24(32-3)29-14-18)22-11-10-21(25(26,27)28)13-20(22)16-30(17(2)31)15-19-8-6-5-7-9-19/h1,5-14H,15-16H2,2-3H3. The van der Waals surface area contributed by atoms with Gasteiger partial charge in [-0.15, -0.1) is 6.42 Å². The third-order valence-corrected chi connectivity index (χ3v) is 4.96. The molecule has 0 unspecified atom stereocenters. The Bertz CT molecular complexity index is 1150. The summed E-state index contributed by atoms with van der Waals surface area (Å²) in [4.78, 5) is 18.0. The summed E-state index contributed by atoms with van der Waals surface area (Å²) in [5, 5.41) is 0. The Morgan fingerprint density at radius 3 is 2.41 bits per heavy atom. The fraction of sp³-hybridized carbons (Fsp3) is 0.200. The van der Waals surface area contributed by atoms with Gasteiger partial charge >= 0.3 is 6.18 Å². The van der Waals surface area contributed by atoms with Crippen LogP contribution < -0.4 is 4.74 Å². The first-order valence-electron chi connectivity index (χ1n) is 9.73. The van der Waals surface area contributed by atoms with Gasteiger partial charge in [-0.05, 0) is 34.9 Å². The van der Waals surface area contributed by atoms with Crippen molar-refractivity contribution < 1.29 is 22.7 Å². The van der Waals surface area contributed by atoms with Gasteiger partial charge in [-0.3, -0.25) is 4.79 Å². The van der Waals surface area contributed by atoms with E-state index in [-0.39, 0.29) is 24.9 Å². The van der Waals surface area contributed by atoms with Crippen molar-refractivity contribution >= 4 is 5.91 Å². The van der Waals surface area contributed by atoms with E-state index in [1.165, 1.54) is 31.2 Å². The molecule has 32 heavy (non-hydrogen) atoms. The number of carbonyl (C=O) groups is 1. The van der Waals surface area contributed by atoms with E-state index in [2.05, 4.69) is 10.9 Å². The van der Waals surface area contributed by atoms with Crippen LogP contribution in [0.1, 0.15) is 29.2 Å². The highest BCUT2D eigenvalue weighted by molar-refractivity contribution is 5.76. The highest BCUT2D eigenvalue weighted by Crippen LogP contribution is 2.37. The normalized spacial score (nSPS) is 11.0. The van der Waals surface area contributed by atoms with Crippen molar-refractivity contribution in [3.05, 3.63) is 83.0 Å². The van der Waals surface area contributed by atoms with Gasteiger partial charge in [0.2, 0.25) is 11.8 Å². The van der Waals surface area contributed by atoms with Crippen LogP contribution in [0.4, 0.5) is 13.2 Å². The van der Waals surface area contributed by atoms with Crippen molar-refractivity contribution in [3.8, 4) is 29.4 Å². The number of methoxy groups -OCH3 is 1. The molecular weight excluding hydrogens is 417 g/mol. The number of benzene rings is 2. The first-order valence-corrected chi connectivity index (χ1v) is 9.73. The molecule has 0 aliphatic heterocycles. The van der Waals surface area contributed by atoms with E-state index >= 15 is 0 Å². The number of halogens is 3. The summed E-state index contributed by atoms with van der Waals surface area (Å²) in [7, 11) is 1.42. The van der Waals surface area contributed by atoms with Gasteiger partial charge in [0, 0.05) is 37.3 Å². The zero-order valence-electron chi connectivity index (χ0n) is 17.6. The SMILES string of the molecule is C#Cc1cnc(OC)c(-c2ccc(C(F)(F)F)cc2CN(Cc2ccccc2)C(C)=O)c1. The van der Waals surface area contributed by atoms with Crippen molar-refractivity contribution in [2.45, 2.75) is 26.2 Å². The van der Waals surface area contributed by atoms with Gasteiger partial charge in [0.25, 0.3) is 0 Å². The zero-order valence-corrected chi connectivity index (χ0v) is 17.6. The molecule has 1 heterocycles. The summed E-state index contributed by atoms with van der Waals surface area (Å²) >= 11 is 0. The molecule has 0 bridgehead atoms. The first-order chi connectivity index (χ1) is 15.2. The number of pyridine rings is 1. The van der Waals surface area contributed by atoms with E-state index in [9.17, 15) is 18.0 Å². The molecule has 4 nitrogen and oxygen atoms in total. The van der Waals surface area contributed by atoms with E-state index in [0.717, 1.165) is 17.7 Å². The van der Waals surface area contributed by atoms with Crippen LogP contribution in [0.15, 0.2) is 60.8 Å². The molecule has 0 radical (unpaired) electrons. The van der Waals surface area contributed by atoms with Gasteiger partial charge in [0.05, 0.1) is 12.7 Å². The Labute approximate surface area is 184 Å². The predicted molar refractivity (Wildman–Crippen MR) is 116 cm³/mol.